The summed E-state index contributed by atoms with van der Waals surface area (Å²) < 4.78 is 8.19. The maximum atomic E-state index is 10.0. The Bertz CT molecular complexity index is 246. The van der Waals surface area contributed by atoms with Crippen molar-refractivity contribution in [3.63, 3.8) is 0 Å². The van der Waals surface area contributed by atoms with Crippen molar-refractivity contribution in [3.05, 3.63) is 23.7 Å². The molecule has 2 N–H and O–H groups in total. The molecule has 0 radical (unpaired) electrons. The summed E-state index contributed by atoms with van der Waals surface area (Å²) >= 11 is 1.06. The van der Waals surface area contributed by atoms with Crippen LogP contribution in [0, 0.1) is 0 Å². The topological polar surface area (TPSA) is 91.7 Å². The molecule has 0 amide bonds. The van der Waals surface area contributed by atoms with Gasteiger partial charge in [0.05, 0.1) is 11.5 Å². The molecule has 0 aliphatic rings. The van der Waals surface area contributed by atoms with E-state index in [1.165, 1.54) is 39.8 Å². The van der Waals surface area contributed by atoms with Crippen LogP contribution in [-0.4, -0.2) is 21.8 Å². The molecule has 0 fully saturated rings. The van der Waals surface area contributed by atoms with Gasteiger partial charge in [-0.25, -0.2) is 0 Å². The van der Waals surface area contributed by atoms with Gasteiger partial charge in [-0.05, 0) is 27.7 Å². The summed E-state index contributed by atoms with van der Waals surface area (Å²) in [5, 5.41) is 16.7. The molecule has 6 heteroatoms. The van der Waals surface area contributed by atoms with Crippen LogP contribution in [0.1, 0.15) is 35.1 Å². The molecule has 0 rings (SSSR count). The van der Waals surface area contributed by atoms with E-state index in [0.717, 1.165) is 17.4 Å². The first-order valence-corrected chi connectivity index (χ1v) is 4.76. The molecule has 0 saturated heterocycles. The van der Waals surface area contributed by atoms with Gasteiger partial charge in [0.1, 0.15) is 0 Å². The average Bonchev–Trinajstić information content (AvgIpc) is 2.03. The second-order valence-corrected chi connectivity index (χ2v) is 2.79. The van der Waals surface area contributed by atoms with Crippen molar-refractivity contribution < 1.29 is 40.8 Å². The standard InChI is InChI=1S/2C5H8O2.CH4.O.V/c2*1-4(6)3-5(2)7;;;/h2*3,6H,1-2H3;1H4;;. The predicted molar refractivity (Wildman–Crippen MR) is 61.6 cm³/mol. The van der Waals surface area contributed by atoms with E-state index < -0.39 is 0 Å². The predicted octanol–water partition coefficient (Wildman–Crippen LogP) is 2.59. The summed E-state index contributed by atoms with van der Waals surface area (Å²) in [5.74, 6) is -0.125. The van der Waals surface area contributed by atoms with Crippen LogP contribution in [0.15, 0.2) is 23.7 Å². The molecular weight excluding hydrogens is 263 g/mol. The van der Waals surface area contributed by atoms with Gasteiger partial charge in [0.2, 0.25) is 0 Å². The Morgan fingerprint density at radius 2 is 1.00 bits per heavy atom. The van der Waals surface area contributed by atoms with E-state index in [9.17, 15) is 9.59 Å². The van der Waals surface area contributed by atoms with Crippen molar-refractivity contribution in [3.8, 4) is 0 Å². The van der Waals surface area contributed by atoms with Crippen LogP contribution in [-0.2, 0) is 30.6 Å². The van der Waals surface area contributed by atoms with Gasteiger partial charge in [0.15, 0.2) is 11.6 Å². The van der Waals surface area contributed by atoms with Crippen LogP contribution in [0.4, 0.5) is 0 Å². The number of carbonyl (C=O) groups excluding carboxylic acids is 2. The molecule has 0 unspecified atom stereocenters. The monoisotopic (exact) mass is 283 g/mol. The van der Waals surface area contributed by atoms with Gasteiger partial charge in [-0.3, -0.25) is 9.59 Å². The molecule has 0 heterocycles. The van der Waals surface area contributed by atoms with Gasteiger partial charge < -0.3 is 10.2 Å². The van der Waals surface area contributed by atoms with Crippen LogP contribution in [0.25, 0.3) is 0 Å². The molecule has 0 aliphatic heterocycles. The molecule has 0 aliphatic carbocycles. The Labute approximate surface area is 111 Å². The minimum absolute atomic E-state index is 0. The number of rotatable bonds is 2. The maximum absolute atomic E-state index is 10.0. The molecule has 0 spiro atoms. The third-order valence-corrected chi connectivity index (χ3v) is 0.824. The molecule has 0 aromatic rings. The van der Waals surface area contributed by atoms with Crippen molar-refractivity contribution in [2.75, 3.05) is 0 Å². The average molecular weight is 283 g/mol. The summed E-state index contributed by atoms with van der Waals surface area (Å²) in [6.07, 6.45) is 2.33. The normalized spacial score (nSPS) is 9.59. The van der Waals surface area contributed by atoms with Gasteiger partial charge in [-0.2, -0.15) is 0 Å². The van der Waals surface area contributed by atoms with Gasteiger partial charge in [-0.15, -0.1) is 0 Å². The van der Waals surface area contributed by atoms with E-state index >= 15 is 0 Å². The number of aliphatic hydroxyl groups is 2. The molecule has 0 saturated carbocycles. The van der Waals surface area contributed by atoms with Crippen LogP contribution in [0.5, 0.6) is 0 Å². The van der Waals surface area contributed by atoms with Crippen LogP contribution in [0.2, 0.25) is 0 Å². The van der Waals surface area contributed by atoms with Gasteiger partial charge in [0.25, 0.3) is 0 Å². The van der Waals surface area contributed by atoms with E-state index in [2.05, 4.69) is 0 Å². The third kappa shape index (κ3) is 52.4. The first kappa shape index (κ1) is 24.9. The Morgan fingerprint density at radius 1 is 0.824 bits per heavy atom. The first-order chi connectivity index (χ1) is 7.25. The van der Waals surface area contributed by atoms with E-state index in [0.29, 0.717) is 0 Å². The van der Waals surface area contributed by atoms with Crippen LogP contribution < -0.4 is 0 Å². The Morgan fingerprint density at radius 3 is 1.00 bits per heavy atom. The quantitative estimate of drug-likeness (QED) is 0.600. The number of aliphatic hydroxyl groups excluding tert-OH is 2. The van der Waals surface area contributed by atoms with Crippen LogP contribution in [0.3, 0.4) is 0 Å². The molecule has 0 aromatic heterocycles. The Kier molecular flexibility index (Phi) is 25.2. The summed E-state index contributed by atoms with van der Waals surface area (Å²) in [5.41, 5.74) is 0. The first-order valence-electron chi connectivity index (χ1n) is 4.19. The molecule has 0 aromatic carbocycles. The molecule has 17 heavy (non-hydrogen) atoms. The Hall–Kier alpha value is -1.20. The summed E-state index contributed by atoms with van der Waals surface area (Å²) in [7, 11) is 0. The van der Waals surface area contributed by atoms with Gasteiger partial charge in [-0.1, -0.05) is 7.43 Å². The number of hydrogen-bond acceptors (Lipinski definition) is 5. The second-order valence-electron chi connectivity index (χ2n) is 2.79. The van der Waals surface area contributed by atoms with Crippen molar-refractivity contribution in [2.45, 2.75) is 35.1 Å². The molecule has 0 bridgehead atoms. The van der Waals surface area contributed by atoms with E-state index in [1.807, 2.05) is 0 Å². The fraction of sp³-hybridized carbons (Fsp3) is 0.455. The SMILES string of the molecule is C.CC(=O)C=C(C)O.CC(=O)C=C(C)O.[O]=[V]. The fourth-order valence-corrected chi connectivity index (χ4v) is 0.588. The summed E-state index contributed by atoms with van der Waals surface area (Å²) in [4.78, 5) is 20.0. The molecule has 0 atom stereocenters. The molecular formula is C11H20O5V. The van der Waals surface area contributed by atoms with Gasteiger partial charge in [0, 0.05) is 12.2 Å². The van der Waals surface area contributed by atoms with E-state index in [1.54, 1.807) is 0 Å². The molecule has 5 nitrogen and oxygen atoms in total. The zero-order chi connectivity index (χ0) is 13.7. The number of allylic oxidation sites excluding steroid dienone is 4. The van der Waals surface area contributed by atoms with Crippen molar-refractivity contribution in [2.24, 2.45) is 0 Å². The summed E-state index contributed by atoms with van der Waals surface area (Å²) in [6, 6.07) is 0. The summed E-state index contributed by atoms with van der Waals surface area (Å²) in [6.45, 7) is 5.70. The Balaban J connectivity index is -0.0000000823. The minimum atomic E-state index is -0.125. The number of hydrogen-bond donors (Lipinski definition) is 2. The number of carbonyl (C=O) groups is 2. The third-order valence-electron chi connectivity index (χ3n) is 0.824. The second kappa shape index (κ2) is 17.2. The van der Waals surface area contributed by atoms with Crippen molar-refractivity contribution >= 4 is 11.6 Å². The number of ketones is 2. The van der Waals surface area contributed by atoms with Crippen molar-refractivity contribution in [1.29, 1.82) is 0 Å². The van der Waals surface area contributed by atoms with Gasteiger partial charge >= 0.3 is 21.0 Å². The van der Waals surface area contributed by atoms with Crippen molar-refractivity contribution in [1.82, 2.24) is 0 Å². The van der Waals surface area contributed by atoms with Crippen LogP contribution >= 0.6 is 0 Å². The zero-order valence-electron chi connectivity index (χ0n) is 9.72. The van der Waals surface area contributed by atoms with E-state index in [-0.39, 0.29) is 30.5 Å². The zero-order valence-corrected chi connectivity index (χ0v) is 11.1. The molecule has 99 valence electrons. The van der Waals surface area contributed by atoms with E-state index in [4.69, 9.17) is 13.9 Å². The fourth-order valence-electron chi connectivity index (χ4n) is 0.588.